The fourth-order valence-corrected chi connectivity index (χ4v) is 5.18. The number of carbonyl (C=O) groups is 1. The highest BCUT2D eigenvalue weighted by Crippen LogP contribution is 2.38. The lowest BCUT2D eigenvalue weighted by Gasteiger charge is -2.18. The first-order chi connectivity index (χ1) is 11.6. The molecule has 0 bridgehead atoms. The first-order valence-electron chi connectivity index (χ1n) is 8.67. The fraction of sp³-hybridized carbons (Fsp3) is 0.474. The number of nitrogens with two attached hydrogens (primary N) is 1. The van der Waals surface area contributed by atoms with Crippen LogP contribution in [0.15, 0.2) is 30.3 Å². The van der Waals surface area contributed by atoms with Crippen LogP contribution in [0.1, 0.15) is 38.8 Å². The second kappa shape index (κ2) is 6.30. The van der Waals surface area contributed by atoms with Crippen LogP contribution >= 0.6 is 11.3 Å². The second-order valence-corrected chi connectivity index (χ2v) is 8.14. The van der Waals surface area contributed by atoms with Gasteiger partial charge in [0.05, 0.1) is 10.7 Å². The summed E-state index contributed by atoms with van der Waals surface area (Å²) in [6.07, 6.45) is 3.06. The SMILES string of the molecule is Cc1nc(Cc2ccccc2)sc1C(=O)N1CC2CCC(N)C2C1. The highest BCUT2D eigenvalue weighted by atomic mass is 32.1. The van der Waals surface area contributed by atoms with Crippen LogP contribution < -0.4 is 5.73 Å². The van der Waals surface area contributed by atoms with Gasteiger partial charge in [-0.25, -0.2) is 4.98 Å². The van der Waals surface area contributed by atoms with Crippen molar-refractivity contribution in [3.05, 3.63) is 51.5 Å². The van der Waals surface area contributed by atoms with E-state index in [2.05, 4.69) is 17.1 Å². The van der Waals surface area contributed by atoms with E-state index in [4.69, 9.17) is 5.73 Å². The maximum atomic E-state index is 12.9. The molecule has 1 saturated heterocycles. The van der Waals surface area contributed by atoms with Gasteiger partial charge in [0.25, 0.3) is 5.91 Å². The molecular formula is C19H23N3OS. The lowest BCUT2D eigenvalue weighted by molar-refractivity contribution is 0.0783. The van der Waals surface area contributed by atoms with Crippen molar-refractivity contribution < 1.29 is 4.79 Å². The standard InChI is InChI=1S/C19H23N3OS/c1-12-18(24-17(21-12)9-13-5-3-2-4-6-13)19(23)22-10-14-7-8-16(20)15(14)11-22/h2-6,14-16H,7-11,20H2,1H3. The first-order valence-corrected chi connectivity index (χ1v) is 9.48. The van der Waals surface area contributed by atoms with Crippen LogP contribution in [0.5, 0.6) is 0 Å². The van der Waals surface area contributed by atoms with Crippen molar-refractivity contribution >= 4 is 17.2 Å². The summed E-state index contributed by atoms with van der Waals surface area (Å²) in [7, 11) is 0. The lowest BCUT2D eigenvalue weighted by atomic mass is 9.98. The van der Waals surface area contributed by atoms with Crippen molar-refractivity contribution in [3.8, 4) is 0 Å². The van der Waals surface area contributed by atoms with Gasteiger partial charge < -0.3 is 10.6 Å². The number of benzene rings is 1. The van der Waals surface area contributed by atoms with Gasteiger partial charge in [-0.05, 0) is 37.2 Å². The molecule has 5 heteroatoms. The van der Waals surface area contributed by atoms with E-state index < -0.39 is 0 Å². The van der Waals surface area contributed by atoms with Crippen molar-refractivity contribution in [2.75, 3.05) is 13.1 Å². The number of aryl methyl sites for hydroxylation is 1. The number of nitrogens with zero attached hydrogens (tertiary/aromatic N) is 2. The Morgan fingerprint density at radius 3 is 2.83 bits per heavy atom. The van der Waals surface area contributed by atoms with Crippen molar-refractivity contribution in [1.29, 1.82) is 0 Å². The Morgan fingerprint density at radius 1 is 1.29 bits per heavy atom. The molecule has 4 nitrogen and oxygen atoms in total. The van der Waals surface area contributed by atoms with Gasteiger partial charge in [-0.1, -0.05) is 30.3 Å². The van der Waals surface area contributed by atoms with Gasteiger partial charge in [-0.3, -0.25) is 4.79 Å². The predicted molar refractivity (Wildman–Crippen MR) is 96.2 cm³/mol. The maximum Gasteiger partial charge on any atom is 0.265 e. The van der Waals surface area contributed by atoms with E-state index in [1.54, 1.807) is 11.3 Å². The Bertz CT molecular complexity index is 742. The van der Waals surface area contributed by atoms with Gasteiger partial charge in [0, 0.05) is 25.6 Å². The molecule has 0 radical (unpaired) electrons. The second-order valence-electron chi connectivity index (χ2n) is 7.06. The molecule has 1 saturated carbocycles. The lowest BCUT2D eigenvalue weighted by Crippen LogP contribution is -2.33. The minimum Gasteiger partial charge on any atom is -0.337 e. The Labute approximate surface area is 146 Å². The Balaban J connectivity index is 1.49. The van der Waals surface area contributed by atoms with Crippen LogP contribution in [0.3, 0.4) is 0 Å². The molecule has 3 atom stereocenters. The molecule has 1 aromatic carbocycles. The molecule has 4 rings (SSSR count). The summed E-state index contributed by atoms with van der Waals surface area (Å²) in [5.41, 5.74) is 8.28. The van der Waals surface area contributed by atoms with E-state index in [0.29, 0.717) is 11.8 Å². The molecule has 1 aliphatic heterocycles. The number of likely N-dealkylation sites (tertiary alicyclic amines) is 1. The minimum atomic E-state index is 0.144. The molecule has 2 N–H and O–H groups in total. The number of thiazole rings is 1. The van der Waals surface area contributed by atoms with E-state index in [9.17, 15) is 4.79 Å². The molecule has 1 aromatic heterocycles. The predicted octanol–water partition coefficient (Wildman–Crippen LogP) is 2.85. The normalized spacial score (nSPS) is 25.9. The summed E-state index contributed by atoms with van der Waals surface area (Å²) < 4.78 is 0. The summed E-state index contributed by atoms with van der Waals surface area (Å²) in [6.45, 7) is 3.62. The smallest absolute Gasteiger partial charge is 0.265 e. The number of carbonyl (C=O) groups excluding carboxylic acids is 1. The molecule has 0 spiro atoms. The van der Waals surface area contributed by atoms with Gasteiger partial charge in [0.1, 0.15) is 4.88 Å². The number of aromatic nitrogens is 1. The van der Waals surface area contributed by atoms with Crippen LogP contribution in [0.2, 0.25) is 0 Å². The summed E-state index contributed by atoms with van der Waals surface area (Å²) in [6, 6.07) is 10.6. The van der Waals surface area contributed by atoms with Gasteiger partial charge in [-0.2, -0.15) is 0 Å². The summed E-state index contributed by atoms with van der Waals surface area (Å²) in [5.74, 6) is 1.23. The van der Waals surface area contributed by atoms with Crippen molar-refractivity contribution in [1.82, 2.24) is 9.88 Å². The maximum absolute atomic E-state index is 12.9. The van der Waals surface area contributed by atoms with Gasteiger partial charge in [0.15, 0.2) is 0 Å². The number of fused-ring (bicyclic) bond motifs is 1. The van der Waals surface area contributed by atoms with Crippen molar-refractivity contribution in [3.63, 3.8) is 0 Å². The van der Waals surface area contributed by atoms with E-state index in [0.717, 1.165) is 47.9 Å². The minimum absolute atomic E-state index is 0.144. The van der Waals surface area contributed by atoms with Crippen molar-refractivity contribution in [2.24, 2.45) is 17.6 Å². The summed E-state index contributed by atoms with van der Waals surface area (Å²) in [5, 5.41) is 1.01. The number of amides is 1. The molecule has 2 heterocycles. The summed E-state index contributed by atoms with van der Waals surface area (Å²) in [4.78, 5) is 20.4. The van der Waals surface area contributed by atoms with E-state index in [1.165, 1.54) is 5.56 Å². The summed E-state index contributed by atoms with van der Waals surface area (Å²) >= 11 is 1.54. The van der Waals surface area contributed by atoms with Crippen LogP contribution in [0.4, 0.5) is 0 Å². The zero-order chi connectivity index (χ0) is 16.7. The number of hydrogen-bond donors (Lipinski definition) is 1. The Kier molecular flexibility index (Phi) is 4.14. The van der Waals surface area contributed by atoms with Crippen LogP contribution in [-0.2, 0) is 6.42 Å². The molecule has 24 heavy (non-hydrogen) atoms. The van der Waals surface area contributed by atoms with E-state index in [-0.39, 0.29) is 11.9 Å². The molecule has 3 unspecified atom stereocenters. The molecule has 2 fully saturated rings. The molecule has 1 aliphatic carbocycles. The van der Waals surface area contributed by atoms with Crippen LogP contribution in [0.25, 0.3) is 0 Å². The average Bonchev–Trinajstić information content (AvgIpc) is 3.25. The van der Waals surface area contributed by atoms with Crippen LogP contribution in [0, 0.1) is 18.8 Å². The largest absolute Gasteiger partial charge is 0.337 e. The van der Waals surface area contributed by atoms with Gasteiger partial charge >= 0.3 is 0 Å². The molecule has 2 aromatic rings. The van der Waals surface area contributed by atoms with E-state index in [1.807, 2.05) is 30.0 Å². The third-order valence-electron chi connectivity index (χ3n) is 5.43. The molecule has 1 amide bonds. The van der Waals surface area contributed by atoms with Gasteiger partial charge in [-0.15, -0.1) is 11.3 Å². The third kappa shape index (κ3) is 2.87. The average molecular weight is 341 g/mol. The monoisotopic (exact) mass is 341 g/mol. The number of hydrogen-bond acceptors (Lipinski definition) is 4. The molecule has 126 valence electrons. The zero-order valence-electron chi connectivity index (χ0n) is 13.9. The number of rotatable bonds is 3. The van der Waals surface area contributed by atoms with Gasteiger partial charge in [0.2, 0.25) is 0 Å². The van der Waals surface area contributed by atoms with E-state index >= 15 is 0 Å². The van der Waals surface area contributed by atoms with Crippen molar-refractivity contribution in [2.45, 2.75) is 32.2 Å². The quantitative estimate of drug-likeness (QED) is 0.934. The topological polar surface area (TPSA) is 59.2 Å². The fourth-order valence-electron chi connectivity index (χ4n) is 4.11. The van der Waals surface area contributed by atoms with Crippen LogP contribution in [-0.4, -0.2) is 34.9 Å². The molecular weight excluding hydrogens is 318 g/mol. The highest BCUT2D eigenvalue weighted by molar-refractivity contribution is 7.13. The zero-order valence-corrected chi connectivity index (χ0v) is 14.8. The highest BCUT2D eigenvalue weighted by Gasteiger charge is 2.43. The Morgan fingerprint density at radius 2 is 2.08 bits per heavy atom. The first kappa shape index (κ1) is 15.8. The third-order valence-corrected chi connectivity index (χ3v) is 6.58. The Hall–Kier alpha value is -1.72. The molecule has 2 aliphatic rings.